The Hall–Kier alpha value is -1.36. The molecule has 0 aliphatic heterocycles. The van der Waals surface area contributed by atoms with Crippen molar-refractivity contribution < 1.29 is 13.2 Å². The van der Waals surface area contributed by atoms with Crippen LogP contribution in [0.25, 0.3) is 0 Å². The van der Waals surface area contributed by atoms with Crippen LogP contribution < -0.4 is 5.32 Å². The van der Waals surface area contributed by atoms with E-state index < -0.39 is 9.84 Å². The Balaban J connectivity index is 1.37. The van der Waals surface area contributed by atoms with Gasteiger partial charge in [-0.1, -0.05) is 17.7 Å². The van der Waals surface area contributed by atoms with Gasteiger partial charge in [-0.3, -0.25) is 4.79 Å². The fraction of sp³-hybridized carbons (Fsp3) is 0.650. The van der Waals surface area contributed by atoms with E-state index in [4.69, 9.17) is 0 Å². The van der Waals surface area contributed by atoms with E-state index in [2.05, 4.69) is 5.32 Å². The fourth-order valence-corrected chi connectivity index (χ4v) is 6.95. The van der Waals surface area contributed by atoms with Crippen LogP contribution in [0.5, 0.6) is 0 Å². The van der Waals surface area contributed by atoms with Gasteiger partial charge in [0.2, 0.25) is 5.91 Å². The molecule has 0 atom stereocenters. The molecule has 0 aromatic heterocycles. The van der Waals surface area contributed by atoms with Crippen LogP contribution >= 0.6 is 0 Å². The summed E-state index contributed by atoms with van der Waals surface area (Å²) >= 11 is 0. The Bertz CT molecular complexity index is 731. The highest BCUT2D eigenvalue weighted by Crippen LogP contribution is 2.55. The SMILES string of the molecule is Cc1ccc(S(=O)(=O)CCC(=O)NC23CC4CC(CC(C4)C2)C3)cc1. The van der Waals surface area contributed by atoms with Crippen molar-refractivity contribution >= 4 is 15.7 Å². The second-order valence-electron chi connectivity index (χ2n) is 8.63. The number of benzene rings is 1. The molecule has 0 heterocycles. The van der Waals surface area contributed by atoms with E-state index in [1.807, 2.05) is 6.92 Å². The highest BCUT2D eigenvalue weighted by molar-refractivity contribution is 7.91. The Morgan fingerprint density at radius 1 is 1.04 bits per heavy atom. The minimum Gasteiger partial charge on any atom is -0.351 e. The third-order valence-electron chi connectivity index (χ3n) is 6.42. The summed E-state index contributed by atoms with van der Waals surface area (Å²) in [4.78, 5) is 12.8. The zero-order valence-electron chi connectivity index (χ0n) is 14.8. The lowest BCUT2D eigenvalue weighted by Crippen LogP contribution is -2.59. The average Bonchev–Trinajstić information content (AvgIpc) is 2.52. The topological polar surface area (TPSA) is 63.2 Å². The van der Waals surface area contributed by atoms with Crippen LogP contribution in [0.15, 0.2) is 29.2 Å². The van der Waals surface area contributed by atoms with Gasteiger partial charge in [0.1, 0.15) is 0 Å². The predicted octanol–water partition coefficient (Wildman–Crippen LogP) is 3.24. The number of carbonyl (C=O) groups is 1. The van der Waals surface area contributed by atoms with Crippen LogP contribution in [0, 0.1) is 24.7 Å². The molecule has 25 heavy (non-hydrogen) atoms. The minimum absolute atomic E-state index is 0.0422. The Morgan fingerprint density at radius 2 is 1.56 bits per heavy atom. The van der Waals surface area contributed by atoms with Gasteiger partial charge in [-0.2, -0.15) is 0 Å². The van der Waals surface area contributed by atoms with E-state index in [1.165, 1.54) is 19.3 Å². The van der Waals surface area contributed by atoms with Gasteiger partial charge in [0, 0.05) is 12.0 Å². The van der Waals surface area contributed by atoms with Gasteiger partial charge < -0.3 is 5.32 Å². The normalized spacial score (nSPS) is 33.4. The summed E-state index contributed by atoms with van der Waals surface area (Å²) in [5.74, 6) is 2.08. The number of sulfone groups is 1. The number of aryl methyl sites for hydroxylation is 1. The van der Waals surface area contributed by atoms with E-state index in [1.54, 1.807) is 24.3 Å². The van der Waals surface area contributed by atoms with Crippen LogP contribution in [-0.2, 0) is 14.6 Å². The van der Waals surface area contributed by atoms with Gasteiger partial charge in [-0.05, 0) is 75.3 Å². The van der Waals surface area contributed by atoms with E-state index in [0.29, 0.717) is 4.90 Å². The predicted molar refractivity (Wildman–Crippen MR) is 96.9 cm³/mol. The number of amides is 1. The molecule has 0 spiro atoms. The highest BCUT2D eigenvalue weighted by Gasteiger charge is 2.51. The van der Waals surface area contributed by atoms with E-state index in [9.17, 15) is 13.2 Å². The second-order valence-corrected chi connectivity index (χ2v) is 10.7. The molecule has 5 heteroatoms. The molecule has 1 amide bonds. The molecular weight excluding hydrogens is 334 g/mol. The number of hydrogen-bond donors (Lipinski definition) is 1. The molecule has 1 aromatic carbocycles. The summed E-state index contributed by atoms with van der Waals surface area (Å²) in [5, 5.41) is 3.25. The lowest BCUT2D eigenvalue weighted by molar-refractivity contribution is -0.126. The van der Waals surface area contributed by atoms with Crippen molar-refractivity contribution in [2.45, 2.75) is 62.3 Å². The molecule has 0 unspecified atom stereocenters. The molecule has 4 aliphatic rings. The average molecular weight is 362 g/mol. The monoisotopic (exact) mass is 361 g/mol. The first kappa shape index (κ1) is 17.1. The van der Waals surface area contributed by atoms with Crippen LogP contribution in [0.1, 0.15) is 50.5 Å². The minimum atomic E-state index is -3.40. The number of rotatable bonds is 5. The summed E-state index contributed by atoms with van der Waals surface area (Å²) in [6, 6.07) is 6.84. The molecule has 1 N–H and O–H groups in total. The van der Waals surface area contributed by atoms with Crippen molar-refractivity contribution in [3.05, 3.63) is 29.8 Å². The van der Waals surface area contributed by atoms with Crippen molar-refractivity contribution in [1.29, 1.82) is 0 Å². The smallest absolute Gasteiger partial charge is 0.221 e. The highest BCUT2D eigenvalue weighted by atomic mass is 32.2. The van der Waals surface area contributed by atoms with Crippen LogP contribution in [0.2, 0.25) is 0 Å². The summed E-state index contributed by atoms with van der Waals surface area (Å²) in [5.41, 5.74) is 0.984. The molecular formula is C20H27NO3S. The molecule has 136 valence electrons. The zero-order chi connectivity index (χ0) is 17.7. The quantitative estimate of drug-likeness (QED) is 0.876. The molecule has 4 bridgehead atoms. The molecule has 4 fully saturated rings. The molecule has 0 saturated heterocycles. The van der Waals surface area contributed by atoms with Crippen molar-refractivity contribution in [3.63, 3.8) is 0 Å². The van der Waals surface area contributed by atoms with E-state index >= 15 is 0 Å². The summed E-state index contributed by atoms with van der Waals surface area (Å²) < 4.78 is 24.9. The van der Waals surface area contributed by atoms with E-state index in [0.717, 1.165) is 42.6 Å². The lowest BCUT2D eigenvalue weighted by atomic mass is 9.53. The molecule has 1 aromatic rings. The molecule has 5 rings (SSSR count). The van der Waals surface area contributed by atoms with Gasteiger partial charge in [-0.15, -0.1) is 0 Å². The maximum atomic E-state index is 12.5. The van der Waals surface area contributed by atoms with Crippen molar-refractivity contribution in [1.82, 2.24) is 5.32 Å². The van der Waals surface area contributed by atoms with Crippen molar-refractivity contribution in [2.75, 3.05) is 5.75 Å². The number of hydrogen-bond acceptors (Lipinski definition) is 3. The van der Waals surface area contributed by atoms with Gasteiger partial charge >= 0.3 is 0 Å². The van der Waals surface area contributed by atoms with Crippen LogP contribution in [0.4, 0.5) is 0 Å². The molecule has 4 saturated carbocycles. The lowest BCUT2D eigenvalue weighted by Gasteiger charge is -2.56. The third-order valence-corrected chi connectivity index (χ3v) is 8.15. The standard InChI is InChI=1S/C20H27NO3S/c1-14-2-4-18(5-3-14)25(23,24)7-6-19(22)21-20-11-15-8-16(12-20)10-17(9-15)13-20/h2-5,15-17H,6-13H2,1H3,(H,21,22). The maximum Gasteiger partial charge on any atom is 0.221 e. The zero-order valence-corrected chi connectivity index (χ0v) is 15.6. The Kier molecular flexibility index (Phi) is 4.18. The van der Waals surface area contributed by atoms with Crippen molar-refractivity contribution in [2.24, 2.45) is 17.8 Å². The van der Waals surface area contributed by atoms with Gasteiger partial charge in [0.05, 0.1) is 10.6 Å². The Morgan fingerprint density at radius 3 is 2.08 bits per heavy atom. The summed E-state index contributed by atoms with van der Waals surface area (Å²) in [6.07, 6.45) is 7.32. The first-order valence-electron chi connectivity index (χ1n) is 9.44. The first-order chi connectivity index (χ1) is 11.8. The first-order valence-corrected chi connectivity index (χ1v) is 11.1. The molecule has 4 aliphatic carbocycles. The summed E-state index contributed by atoms with van der Waals surface area (Å²) in [6.45, 7) is 1.93. The van der Waals surface area contributed by atoms with Crippen LogP contribution in [0.3, 0.4) is 0 Å². The van der Waals surface area contributed by atoms with Crippen LogP contribution in [-0.4, -0.2) is 25.6 Å². The molecule has 0 radical (unpaired) electrons. The number of nitrogens with one attached hydrogen (secondary N) is 1. The number of carbonyl (C=O) groups excluding carboxylic acids is 1. The van der Waals surface area contributed by atoms with Gasteiger partial charge in [0.25, 0.3) is 0 Å². The van der Waals surface area contributed by atoms with E-state index in [-0.39, 0.29) is 23.6 Å². The largest absolute Gasteiger partial charge is 0.351 e. The Labute approximate surface area is 150 Å². The second kappa shape index (κ2) is 6.11. The third kappa shape index (κ3) is 3.48. The van der Waals surface area contributed by atoms with Crippen molar-refractivity contribution in [3.8, 4) is 0 Å². The van der Waals surface area contributed by atoms with Gasteiger partial charge in [0.15, 0.2) is 9.84 Å². The van der Waals surface area contributed by atoms with Gasteiger partial charge in [-0.25, -0.2) is 8.42 Å². The fourth-order valence-electron chi connectivity index (χ4n) is 5.71. The summed E-state index contributed by atoms with van der Waals surface area (Å²) in [7, 11) is -3.40. The molecule has 4 nitrogen and oxygen atoms in total. The maximum absolute atomic E-state index is 12.5.